The van der Waals surface area contributed by atoms with Crippen molar-refractivity contribution in [2.45, 2.75) is 6.61 Å². The summed E-state index contributed by atoms with van der Waals surface area (Å²) in [6, 6.07) is 12.4. The van der Waals surface area contributed by atoms with Gasteiger partial charge in [-0.15, -0.1) is 0 Å². The van der Waals surface area contributed by atoms with Crippen molar-refractivity contribution in [2.24, 2.45) is 0 Å². The van der Waals surface area contributed by atoms with Gasteiger partial charge < -0.3 is 9.47 Å². The van der Waals surface area contributed by atoms with E-state index in [9.17, 15) is 14.9 Å². The maximum Gasteiger partial charge on any atom is 0.342 e. The molecule has 0 aliphatic rings. The Morgan fingerprint density at radius 2 is 2.04 bits per heavy atom. The van der Waals surface area contributed by atoms with E-state index in [1.165, 1.54) is 19.2 Å². The van der Waals surface area contributed by atoms with Crippen LogP contribution < -0.4 is 4.74 Å². The molecule has 0 amide bonds. The highest BCUT2D eigenvalue weighted by Gasteiger charge is 2.19. The van der Waals surface area contributed by atoms with Crippen molar-refractivity contribution in [3.05, 3.63) is 69.3 Å². The Hall–Kier alpha value is -3.40. The minimum Gasteiger partial charge on any atom is -0.496 e. The number of nitro groups is 1. The van der Waals surface area contributed by atoms with Crippen molar-refractivity contribution < 1.29 is 19.2 Å². The number of hydrogen-bond acceptors (Lipinski definition) is 6. The lowest BCUT2D eigenvalue weighted by Crippen LogP contribution is -2.08. The molecule has 0 aliphatic carbocycles. The van der Waals surface area contributed by atoms with Gasteiger partial charge in [-0.1, -0.05) is 18.2 Å². The first-order valence-electron chi connectivity index (χ1n) is 6.54. The number of hydrogen-bond donors (Lipinski definition) is 0. The second-order valence-corrected chi connectivity index (χ2v) is 4.49. The van der Waals surface area contributed by atoms with E-state index < -0.39 is 10.9 Å². The molecule has 0 bridgehead atoms. The molecule has 23 heavy (non-hydrogen) atoms. The van der Waals surface area contributed by atoms with E-state index in [2.05, 4.69) is 0 Å². The molecule has 2 aromatic carbocycles. The fraction of sp³-hybridized carbons (Fsp3) is 0.125. The molecule has 0 aromatic heterocycles. The summed E-state index contributed by atoms with van der Waals surface area (Å²) in [4.78, 5) is 22.4. The summed E-state index contributed by atoms with van der Waals surface area (Å²) >= 11 is 0. The number of methoxy groups -OCH3 is 1. The Morgan fingerprint density at radius 3 is 2.70 bits per heavy atom. The lowest BCUT2D eigenvalue weighted by Gasteiger charge is -2.09. The number of nitro benzene ring substituents is 1. The van der Waals surface area contributed by atoms with Gasteiger partial charge in [0.05, 0.1) is 23.7 Å². The molecule has 0 saturated heterocycles. The van der Waals surface area contributed by atoms with Crippen LogP contribution in [0.3, 0.4) is 0 Å². The van der Waals surface area contributed by atoms with E-state index in [-0.39, 0.29) is 23.6 Å². The first-order valence-corrected chi connectivity index (χ1v) is 6.54. The van der Waals surface area contributed by atoms with Gasteiger partial charge in [0.25, 0.3) is 5.69 Å². The number of rotatable bonds is 5. The predicted molar refractivity (Wildman–Crippen MR) is 79.9 cm³/mol. The van der Waals surface area contributed by atoms with Crippen LogP contribution in [0.2, 0.25) is 0 Å². The van der Waals surface area contributed by atoms with Crippen LogP contribution in [0.4, 0.5) is 5.69 Å². The lowest BCUT2D eigenvalue weighted by molar-refractivity contribution is -0.384. The van der Waals surface area contributed by atoms with Crippen molar-refractivity contribution in [3.63, 3.8) is 0 Å². The zero-order chi connectivity index (χ0) is 16.8. The summed E-state index contributed by atoms with van der Waals surface area (Å²) < 4.78 is 10.2. The number of nitrogens with zero attached hydrogens (tertiary/aromatic N) is 2. The molecule has 0 spiro atoms. The quantitative estimate of drug-likeness (QED) is 0.478. The monoisotopic (exact) mass is 312 g/mol. The van der Waals surface area contributed by atoms with Crippen LogP contribution in [0.1, 0.15) is 21.5 Å². The molecule has 7 heteroatoms. The number of ether oxygens (including phenoxy) is 2. The van der Waals surface area contributed by atoms with Crippen molar-refractivity contribution in [1.82, 2.24) is 0 Å². The second-order valence-electron chi connectivity index (χ2n) is 4.49. The third-order valence-electron chi connectivity index (χ3n) is 3.11. The van der Waals surface area contributed by atoms with E-state index in [0.717, 1.165) is 6.07 Å². The molecule has 2 rings (SSSR count). The van der Waals surface area contributed by atoms with Gasteiger partial charge in [-0.3, -0.25) is 10.1 Å². The average Bonchev–Trinajstić information content (AvgIpc) is 2.59. The van der Waals surface area contributed by atoms with Crippen LogP contribution in [0, 0.1) is 21.4 Å². The Balaban J connectivity index is 2.22. The van der Waals surface area contributed by atoms with Gasteiger partial charge in [-0.05, 0) is 12.1 Å². The molecule has 7 nitrogen and oxygen atoms in total. The van der Waals surface area contributed by atoms with E-state index >= 15 is 0 Å². The van der Waals surface area contributed by atoms with Crippen LogP contribution in [0.25, 0.3) is 0 Å². The normalized spacial score (nSPS) is 9.74. The number of carbonyl (C=O) groups excluding carboxylic acids is 1. The van der Waals surface area contributed by atoms with E-state index in [1.54, 1.807) is 24.3 Å². The maximum atomic E-state index is 12.2. The van der Waals surface area contributed by atoms with Crippen LogP contribution in [0.5, 0.6) is 5.75 Å². The van der Waals surface area contributed by atoms with Crippen LogP contribution >= 0.6 is 0 Å². The van der Waals surface area contributed by atoms with Gasteiger partial charge in [0.15, 0.2) is 0 Å². The second kappa shape index (κ2) is 7.04. The van der Waals surface area contributed by atoms with Gasteiger partial charge in [-0.2, -0.15) is 5.26 Å². The minimum atomic E-state index is -0.765. The van der Waals surface area contributed by atoms with Crippen molar-refractivity contribution in [1.29, 1.82) is 5.26 Å². The van der Waals surface area contributed by atoms with Gasteiger partial charge in [0, 0.05) is 17.7 Å². The van der Waals surface area contributed by atoms with Crippen molar-refractivity contribution >= 4 is 11.7 Å². The zero-order valence-corrected chi connectivity index (χ0v) is 12.2. The Morgan fingerprint density at radius 1 is 1.30 bits per heavy atom. The van der Waals surface area contributed by atoms with Gasteiger partial charge in [0.1, 0.15) is 17.9 Å². The predicted octanol–water partition coefficient (Wildman–Crippen LogP) is 2.83. The molecule has 2 aromatic rings. The molecule has 0 radical (unpaired) electrons. The summed E-state index contributed by atoms with van der Waals surface area (Å²) in [5.74, 6) is -0.590. The Labute approximate surface area is 131 Å². The number of benzene rings is 2. The number of non-ortho nitro benzene ring substituents is 1. The fourth-order valence-electron chi connectivity index (χ4n) is 1.95. The average molecular weight is 312 g/mol. The molecule has 0 fully saturated rings. The summed E-state index contributed by atoms with van der Waals surface area (Å²) in [5.41, 5.74) is 0.658. The first kappa shape index (κ1) is 16.0. The van der Waals surface area contributed by atoms with Gasteiger partial charge in [-0.25, -0.2) is 4.79 Å². The molecule has 0 atom stereocenters. The highest BCUT2D eigenvalue weighted by Crippen LogP contribution is 2.25. The minimum absolute atomic E-state index is 0.0452. The van der Waals surface area contributed by atoms with Gasteiger partial charge >= 0.3 is 5.97 Å². The Bertz CT molecular complexity index is 795. The van der Waals surface area contributed by atoms with Crippen LogP contribution in [0.15, 0.2) is 42.5 Å². The van der Waals surface area contributed by atoms with Crippen molar-refractivity contribution in [3.8, 4) is 11.8 Å². The van der Waals surface area contributed by atoms with Crippen LogP contribution in [-0.2, 0) is 11.3 Å². The maximum absolute atomic E-state index is 12.2. The fourth-order valence-corrected chi connectivity index (χ4v) is 1.95. The third kappa shape index (κ3) is 3.63. The third-order valence-corrected chi connectivity index (χ3v) is 3.11. The van der Waals surface area contributed by atoms with E-state index in [0.29, 0.717) is 11.1 Å². The van der Waals surface area contributed by atoms with Gasteiger partial charge in [0.2, 0.25) is 0 Å². The van der Waals surface area contributed by atoms with Crippen molar-refractivity contribution in [2.75, 3.05) is 7.11 Å². The lowest BCUT2D eigenvalue weighted by atomic mass is 10.1. The van der Waals surface area contributed by atoms with Crippen LogP contribution in [-0.4, -0.2) is 18.0 Å². The highest BCUT2D eigenvalue weighted by atomic mass is 16.6. The first-order chi connectivity index (χ1) is 11.1. The molecule has 0 N–H and O–H groups in total. The molecule has 0 unspecified atom stereocenters. The molecule has 0 aliphatic heterocycles. The zero-order valence-electron chi connectivity index (χ0n) is 12.2. The summed E-state index contributed by atoms with van der Waals surface area (Å²) in [6.45, 7) is -0.117. The standard InChI is InChI=1S/C16H12N2O5/c1-22-15-7-6-13(18(20)21)8-14(15)16(19)23-10-12-5-3-2-4-11(12)9-17/h2-8H,10H2,1H3. The SMILES string of the molecule is COc1ccc([N+](=O)[O-])cc1C(=O)OCc1ccccc1C#N. The number of nitriles is 1. The van der Waals surface area contributed by atoms with E-state index in [4.69, 9.17) is 14.7 Å². The molecule has 0 saturated carbocycles. The topological polar surface area (TPSA) is 102 Å². The summed E-state index contributed by atoms with van der Waals surface area (Å²) in [6.07, 6.45) is 0. The van der Waals surface area contributed by atoms with E-state index in [1.807, 2.05) is 6.07 Å². The molecule has 0 heterocycles. The number of esters is 1. The summed E-state index contributed by atoms with van der Waals surface area (Å²) in [7, 11) is 1.35. The Kier molecular flexibility index (Phi) is 4.89. The molecular weight excluding hydrogens is 300 g/mol. The molecular formula is C16H12N2O5. The highest BCUT2D eigenvalue weighted by molar-refractivity contribution is 5.93. The largest absolute Gasteiger partial charge is 0.496 e. The summed E-state index contributed by atoms with van der Waals surface area (Å²) in [5, 5.41) is 19.8. The number of carbonyl (C=O) groups is 1. The smallest absolute Gasteiger partial charge is 0.342 e. The molecule has 116 valence electrons.